The highest BCUT2D eigenvalue weighted by atomic mass is 15.3. The Morgan fingerprint density at radius 3 is 2.43 bits per heavy atom. The number of hydrazone groups is 1. The van der Waals surface area contributed by atoms with E-state index in [1.54, 1.807) is 24.8 Å². The van der Waals surface area contributed by atoms with Crippen molar-refractivity contribution in [3.8, 4) is 0 Å². The maximum atomic E-state index is 4.73. The van der Waals surface area contributed by atoms with E-state index in [1.165, 1.54) is 0 Å². The Morgan fingerprint density at radius 1 is 0.739 bits per heavy atom. The van der Waals surface area contributed by atoms with Crippen LogP contribution in [-0.4, -0.2) is 21.5 Å². The molecule has 110 valence electrons. The van der Waals surface area contributed by atoms with E-state index in [-0.39, 0.29) is 0 Å². The molecule has 0 radical (unpaired) electrons. The average molecular weight is 299 g/mol. The van der Waals surface area contributed by atoms with Crippen LogP contribution >= 0.6 is 0 Å². The fourth-order valence-corrected chi connectivity index (χ4v) is 2.45. The summed E-state index contributed by atoms with van der Waals surface area (Å²) in [6.45, 7) is 0. The van der Waals surface area contributed by atoms with Crippen LogP contribution in [0.3, 0.4) is 0 Å². The number of rotatable bonds is 2. The van der Waals surface area contributed by atoms with Gasteiger partial charge >= 0.3 is 0 Å². The smallest absolute Gasteiger partial charge is 0.154 e. The average Bonchev–Trinajstić information content (AvgIpc) is 2.83. The summed E-state index contributed by atoms with van der Waals surface area (Å²) in [5, 5.41) is 4.57. The number of hydrogen-bond donors (Lipinski definition) is 1. The van der Waals surface area contributed by atoms with Gasteiger partial charge in [0.1, 0.15) is 5.71 Å². The first-order valence-corrected chi connectivity index (χ1v) is 7.24. The molecular weight excluding hydrogens is 286 g/mol. The van der Waals surface area contributed by atoms with Gasteiger partial charge in [0.2, 0.25) is 0 Å². The summed E-state index contributed by atoms with van der Waals surface area (Å²) < 4.78 is 0. The summed E-state index contributed by atoms with van der Waals surface area (Å²) in [5.74, 6) is 0.693. The second kappa shape index (κ2) is 5.81. The quantitative estimate of drug-likeness (QED) is 0.791. The minimum Gasteiger partial charge on any atom is -0.265 e. The Balaban J connectivity index is 1.87. The number of para-hydroxylation sites is 1. The Bertz CT molecular complexity index is 886. The molecule has 0 spiro atoms. The highest BCUT2D eigenvalue weighted by Gasteiger charge is 2.16. The predicted octanol–water partition coefficient (Wildman–Crippen LogP) is 2.91. The molecule has 0 aliphatic carbocycles. The van der Waals surface area contributed by atoms with Gasteiger partial charge in [-0.3, -0.25) is 15.4 Å². The molecule has 1 aliphatic rings. The Hall–Kier alpha value is -3.34. The van der Waals surface area contributed by atoms with Crippen molar-refractivity contribution in [2.45, 2.75) is 0 Å². The molecule has 0 bridgehead atoms. The number of fused-ring (bicyclic) bond motifs is 1. The lowest BCUT2D eigenvalue weighted by Gasteiger charge is -2.06. The maximum absolute atomic E-state index is 4.73. The number of aliphatic imine (C=N–C) groups is 1. The van der Waals surface area contributed by atoms with Crippen LogP contribution in [0.5, 0.6) is 0 Å². The number of hydrogen-bond acceptors (Lipinski definition) is 5. The van der Waals surface area contributed by atoms with Gasteiger partial charge in [-0.1, -0.05) is 18.2 Å². The molecule has 0 amide bonds. The first-order valence-electron chi connectivity index (χ1n) is 7.24. The van der Waals surface area contributed by atoms with Crippen molar-refractivity contribution in [1.29, 1.82) is 0 Å². The summed E-state index contributed by atoms with van der Waals surface area (Å²) in [5.41, 5.74) is 7.61. The van der Waals surface area contributed by atoms with Crippen LogP contribution in [0.25, 0.3) is 0 Å². The summed E-state index contributed by atoms with van der Waals surface area (Å²) in [6, 6.07) is 15.6. The molecule has 0 saturated carbocycles. The van der Waals surface area contributed by atoms with Crippen molar-refractivity contribution >= 4 is 17.2 Å². The molecule has 3 heterocycles. The highest BCUT2D eigenvalue weighted by molar-refractivity contribution is 6.17. The Labute approximate surface area is 133 Å². The second-order valence-electron chi connectivity index (χ2n) is 5.03. The standard InChI is InChI=1S/C18H13N5/c1-2-6-16-15(5-1)17(14-4-3-9-20-12-14)22-23-18(21-16)13-7-10-19-11-8-13/h1-12H,(H,21,23). The molecule has 1 N–H and O–H groups in total. The number of aromatic nitrogens is 2. The Morgan fingerprint density at radius 2 is 1.61 bits per heavy atom. The molecule has 2 aromatic heterocycles. The molecule has 5 nitrogen and oxygen atoms in total. The molecule has 4 rings (SSSR count). The van der Waals surface area contributed by atoms with Gasteiger partial charge < -0.3 is 0 Å². The zero-order chi connectivity index (χ0) is 15.5. The minimum atomic E-state index is 0.693. The van der Waals surface area contributed by atoms with Crippen molar-refractivity contribution in [3.63, 3.8) is 0 Å². The molecule has 0 fully saturated rings. The molecule has 1 aliphatic heterocycles. The van der Waals surface area contributed by atoms with Gasteiger partial charge in [0.25, 0.3) is 0 Å². The zero-order valence-electron chi connectivity index (χ0n) is 12.2. The van der Waals surface area contributed by atoms with E-state index in [1.807, 2.05) is 48.5 Å². The number of nitrogens with zero attached hydrogens (tertiary/aromatic N) is 4. The van der Waals surface area contributed by atoms with Gasteiger partial charge in [0.15, 0.2) is 5.84 Å². The highest BCUT2D eigenvalue weighted by Crippen LogP contribution is 2.25. The van der Waals surface area contributed by atoms with E-state index in [2.05, 4.69) is 20.5 Å². The van der Waals surface area contributed by atoms with Crippen molar-refractivity contribution < 1.29 is 0 Å². The summed E-state index contributed by atoms with van der Waals surface area (Å²) in [6.07, 6.45) is 7.03. The van der Waals surface area contributed by atoms with Crippen molar-refractivity contribution in [1.82, 2.24) is 15.4 Å². The van der Waals surface area contributed by atoms with Crippen LogP contribution in [0, 0.1) is 0 Å². The van der Waals surface area contributed by atoms with Crippen LogP contribution in [0.1, 0.15) is 16.7 Å². The fraction of sp³-hybridized carbons (Fsp3) is 0. The largest absolute Gasteiger partial charge is 0.265 e. The van der Waals surface area contributed by atoms with Gasteiger partial charge in [-0.15, -0.1) is 0 Å². The molecule has 0 saturated heterocycles. The first kappa shape index (κ1) is 13.3. The van der Waals surface area contributed by atoms with Crippen LogP contribution in [0.2, 0.25) is 0 Å². The second-order valence-corrected chi connectivity index (χ2v) is 5.03. The molecule has 3 aromatic rings. The number of amidine groups is 1. The summed E-state index contributed by atoms with van der Waals surface area (Å²) >= 11 is 0. The van der Waals surface area contributed by atoms with E-state index in [9.17, 15) is 0 Å². The third-order valence-corrected chi connectivity index (χ3v) is 3.55. The molecule has 0 unspecified atom stereocenters. The van der Waals surface area contributed by atoms with Gasteiger partial charge in [0.05, 0.1) is 5.69 Å². The lowest BCUT2D eigenvalue weighted by atomic mass is 10.0. The SMILES string of the molecule is c1cncc(C2=NNC(c3ccncc3)=Nc3ccccc32)c1. The Kier molecular flexibility index (Phi) is 3.37. The first-order chi connectivity index (χ1) is 11.4. The molecule has 23 heavy (non-hydrogen) atoms. The van der Waals surface area contributed by atoms with E-state index >= 15 is 0 Å². The van der Waals surface area contributed by atoms with Gasteiger partial charge in [-0.25, -0.2) is 4.99 Å². The molecule has 0 atom stereocenters. The lowest BCUT2D eigenvalue weighted by Crippen LogP contribution is -2.19. The van der Waals surface area contributed by atoms with Crippen LogP contribution in [-0.2, 0) is 0 Å². The monoisotopic (exact) mass is 299 g/mol. The lowest BCUT2D eigenvalue weighted by molar-refractivity contribution is 1.03. The molecular formula is C18H13N5. The van der Waals surface area contributed by atoms with Crippen LogP contribution in [0.4, 0.5) is 5.69 Å². The summed E-state index contributed by atoms with van der Waals surface area (Å²) in [4.78, 5) is 13.0. The van der Waals surface area contributed by atoms with Gasteiger partial charge in [0, 0.05) is 41.5 Å². The third-order valence-electron chi connectivity index (χ3n) is 3.55. The molecule has 1 aromatic carbocycles. The van der Waals surface area contributed by atoms with Gasteiger partial charge in [-0.05, 0) is 30.3 Å². The van der Waals surface area contributed by atoms with E-state index in [4.69, 9.17) is 4.99 Å². The fourth-order valence-electron chi connectivity index (χ4n) is 2.45. The minimum absolute atomic E-state index is 0.693. The normalized spacial score (nSPS) is 13.2. The van der Waals surface area contributed by atoms with Crippen molar-refractivity contribution in [2.24, 2.45) is 10.1 Å². The van der Waals surface area contributed by atoms with Crippen LogP contribution < -0.4 is 5.43 Å². The maximum Gasteiger partial charge on any atom is 0.154 e. The van der Waals surface area contributed by atoms with E-state index in [0.717, 1.165) is 28.1 Å². The number of benzene rings is 1. The van der Waals surface area contributed by atoms with E-state index < -0.39 is 0 Å². The third kappa shape index (κ3) is 2.60. The molecule has 5 heteroatoms. The topological polar surface area (TPSA) is 62.5 Å². The van der Waals surface area contributed by atoms with Crippen LogP contribution in [0.15, 0.2) is 83.4 Å². The number of pyridine rings is 2. The zero-order valence-corrected chi connectivity index (χ0v) is 12.2. The number of nitrogens with one attached hydrogen (secondary N) is 1. The van der Waals surface area contributed by atoms with Crippen molar-refractivity contribution in [2.75, 3.05) is 0 Å². The van der Waals surface area contributed by atoms with Crippen molar-refractivity contribution in [3.05, 3.63) is 90.0 Å². The van der Waals surface area contributed by atoms with Gasteiger partial charge in [-0.2, -0.15) is 5.10 Å². The summed E-state index contributed by atoms with van der Waals surface area (Å²) in [7, 11) is 0. The van der Waals surface area contributed by atoms with E-state index in [0.29, 0.717) is 5.84 Å². The predicted molar refractivity (Wildman–Crippen MR) is 89.9 cm³/mol.